The van der Waals surface area contributed by atoms with Crippen LogP contribution in [0.4, 0.5) is 11.6 Å². The first kappa shape index (κ1) is 21.9. The van der Waals surface area contributed by atoms with Gasteiger partial charge in [0, 0.05) is 0 Å². The lowest BCUT2D eigenvalue weighted by Crippen LogP contribution is -2.19. The first-order chi connectivity index (χ1) is 15.2. The van der Waals surface area contributed by atoms with Gasteiger partial charge in [-0.2, -0.15) is 5.26 Å². The van der Waals surface area contributed by atoms with Gasteiger partial charge in [-0.1, -0.05) is 16.8 Å². The number of sulfonamides is 1. The lowest BCUT2D eigenvalue weighted by atomic mass is 10.00. The molecule has 4 rings (SSSR count). The molecule has 1 aliphatic heterocycles. The Bertz CT molecular complexity index is 1400. The molecule has 0 bridgehead atoms. The van der Waals surface area contributed by atoms with Crippen LogP contribution in [0.5, 0.6) is 11.5 Å². The van der Waals surface area contributed by atoms with Crippen molar-refractivity contribution in [2.24, 2.45) is 0 Å². The molecule has 13 heteroatoms. The van der Waals surface area contributed by atoms with E-state index >= 15 is 0 Å². The van der Waals surface area contributed by atoms with E-state index in [1.165, 1.54) is 11.4 Å². The summed E-state index contributed by atoms with van der Waals surface area (Å²) in [5.41, 5.74) is 2.15. The number of thiophene rings is 1. The number of anilines is 2. The van der Waals surface area contributed by atoms with Crippen molar-refractivity contribution in [2.45, 2.75) is 25.7 Å². The summed E-state index contributed by atoms with van der Waals surface area (Å²) < 4.78 is 43.7. The molecule has 3 heterocycles. The molecule has 0 aliphatic carbocycles. The average Bonchev–Trinajstić information content (AvgIpc) is 3.49. The number of rotatable bonds is 5. The average molecular weight is 495 g/mol. The number of halogens is 1. The Kier molecular flexibility index (Phi) is 5.49. The van der Waals surface area contributed by atoms with Crippen LogP contribution >= 0.6 is 22.9 Å². The topological polar surface area (TPSA) is 144 Å². The highest BCUT2D eigenvalue weighted by atomic mass is 35.5. The SMILES string of the molecule is Cc1noc(NS(=O)(=O)c2ccsc2C(=O)Nc2c(C)c(C)c(C#N)c3c2OCO3)c1Cl. The van der Waals surface area contributed by atoms with E-state index in [0.717, 1.165) is 11.3 Å². The number of hydrogen-bond donors (Lipinski definition) is 2. The Hall–Kier alpha value is -3.27. The van der Waals surface area contributed by atoms with E-state index < -0.39 is 15.9 Å². The Labute approximate surface area is 191 Å². The zero-order valence-corrected chi connectivity index (χ0v) is 19.3. The van der Waals surface area contributed by atoms with Gasteiger partial charge >= 0.3 is 0 Å². The summed E-state index contributed by atoms with van der Waals surface area (Å²) in [6.45, 7) is 4.89. The maximum absolute atomic E-state index is 13.1. The van der Waals surface area contributed by atoms with Crippen LogP contribution in [-0.2, 0) is 10.0 Å². The second-order valence-corrected chi connectivity index (χ2v) is 9.71. The monoisotopic (exact) mass is 494 g/mol. The van der Waals surface area contributed by atoms with Gasteiger partial charge in [0.15, 0.2) is 11.5 Å². The third-order valence-corrected chi connectivity index (χ3v) is 7.73. The second kappa shape index (κ2) is 8.01. The Morgan fingerprint density at radius 1 is 1.25 bits per heavy atom. The van der Waals surface area contributed by atoms with Crippen molar-refractivity contribution in [2.75, 3.05) is 16.8 Å². The predicted molar refractivity (Wildman–Crippen MR) is 116 cm³/mol. The van der Waals surface area contributed by atoms with Crippen molar-refractivity contribution < 1.29 is 27.2 Å². The van der Waals surface area contributed by atoms with E-state index in [1.54, 1.807) is 20.8 Å². The lowest BCUT2D eigenvalue weighted by molar-refractivity contribution is 0.102. The molecule has 0 saturated carbocycles. The highest BCUT2D eigenvalue weighted by Crippen LogP contribution is 2.46. The molecule has 0 unspecified atom stereocenters. The number of aromatic nitrogens is 1. The van der Waals surface area contributed by atoms with Gasteiger partial charge in [-0.3, -0.25) is 4.79 Å². The van der Waals surface area contributed by atoms with E-state index in [-0.39, 0.29) is 39.0 Å². The number of amides is 1. The molecular weight excluding hydrogens is 480 g/mol. The fourth-order valence-electron chi connectivity index (χ4n) is 3.09. The minimum atomic E-state index is -4.21. The maximum Gasteiger partial charge on any atom is 0.267 e. The number of aryl methyl sites for hydroxylation is 1. The smallest absolute Gasteiger partial charge is 0.267 e. The minimum absolute atomic E-state index is 0.0196. The molecule has 3 aromatic rings. The third kappa shape index (κ3) is 3.54. The highest BCUT2D eigenvalue weighted by Gasteiger charge is 2.31. The molecule has 1 amide bonds. The van der Waals surface area contributed by atoms with Gasteiger partial charge in [-0.25, -0.2) is 13.1 Å². The molecule has 2 N–H and O–H groups in total. The van der Waals surface area contributed by atoms with Gasteiger partial charge in [-0.15, -0.1) is 11.3 Å². The molecular formula is C19H15ClN4O6S2. The van der Waals surface area contributed by atoms with Crippen LogP contribution < -0.4 is 19.5 Å². The number of fused-ring (bicyclic) bond motifs is 1. The molecule has 10 nitrogen and oxygen atoms in total. The van der Waals surface area contributed by atoms with Gasteiger partial charge in [0.2, 0.25) is 6.79 Å². The van der Waals surface area contributed by atoms with Gasteiger partial charge in [0.05, 0.1) is 5.69 Å². The van der Waals surface area contributed by atoms with E-state index in [4.69, 9.17) is 25.6 Å². The van der Waals surface area contributed by atoms with Crippen LogP contribution in [0.2, 0.25) is 5.02 Å². The number of nitrogens with zero attached hydrogens (tertiary/aromatic N) is 2. The summed E-state index contributed by atoms with van der Waals surface area (Å²) in [4.78, 5) is 12.7. The Balaban J connectivity index is 1.69. The standard InChI is InChI=1S/C19H15ClN4O6S2/c1-8-9(2)14(16-15(11(8)6-21)28-7-29-16)22-18(25)17-12(4-5-31-17)32(26,27)24-19-13(20)10(3)23-30-19/h4-5,24H,7H2,1-3H3,(H,22,25). The second-order valence-electron chi connectivity index (χ2n) is 6.76. The number of nitriles is 1. The zero-order valence-electron chi connectivity index (χ0n) is 16.9. The Morgan fingerprint density at radius 3 is 2.62 bits per heavy atom. The van der Waals surface area contributed by atoms with Crippen LogP contribution in [0, 0.1) is 32.1 Å². The molecule has 0 radical (unpaired) electrons. The normalized spacial score (nSPS) is 12.5. The van der Waals surface area contributed by atoms with Crippen molar-refractivity contribution in [3.8, 4) is 17.6 Å². The maximum atomic E-state index is 13.1. The number of carbonyl (C=O) groups is 1. The molecule has 0 saturated heterocycles. The number of carbonyl (C=O) groups excluding carboxylic acids is 1. The summed E-state index contributed by atoms with van der Waals surface area (Å²) in [5, 5.41) is 17.2. The molecule has 32 heavy (non-hydrogen) atoms. The quantitative estimate of drug-likeness (QED) is 0.542. The van der Waals surface area contributed by atoms with E-state index in [1.807, 2.05) is 0 Å². The van der Waals surface area contributed by atoms with E-state index in [9.17, 15) is 18.5 Å². The molecule has 0 spiro atoms. The summed E-state index contributed by atoms with van der Waals surface area (Å²) in [7, 11) is -4.21. The molecule has 1 aromatic carbocycles. The summed E-state index contributed by atoms with van der Waals surface area (Å²) in [6, 6.07) is 3.37. The van der Waals surface area contributed by atoms with Gasteiger partial charge < -0.3 is 19.3 Å². The first-order valence-corrected chi connectivity index (χ1v) is 11.8. The molecule has 2 aromatic heterocycles. The largest absolute Gasteiger partial charge is 0.452 e. The molecule has 166 valence electrons. The van der Waals surface area contributed by atoms with Crippen LogP contribution in [-0.4, -0.2) is 26.3 Å². The summed E-state index contributed by atoms with van der Waals surface area (Å²) >= 11 is 6.93. The Morgan fingerprint density at radius 2 is 1.97 bits per heavy atom. The van der Waals surface area contributed by atoms with E-state index in [0.29, 0.717) is 28.1 Å². The number of nitrogens with one attached hydrogen (secondary N) is 2. The minimum Gasteiger partial charge on any atom is -0.452 e. The van der Waals surface area contributed by atoms with Crippen LogP contribution in [0.15, 0.2) is 20.9 Å². The van der Waals surface area contributed by atoms with Crippen molar-refractivity contribution in [3.63, 3.8) is 0 Å². The van der Waals surface area contributed by atoms with Crippen LogP contribution in [0.1, 0.15) is 32.1 Å². The zero-order chi connectivity index (χ0) is 23.2. The van der Waals surface area contributed by atoms with Crippen LogP contribution in [0.3, 0.4) is 0 Å². The van der Waals surface area contributed by atoms with Crippen molar-refractivity contribution in [1.29, 1.82) is 5.26 Å². The van der Waals surface area contributed by atoms with Crippen LogP contribution in [0.25, 0.3) is 0 Å². The fraction of sp³-hybridized carbons (Fsp3) is 0.211. The van der Waals surface area contributed by atoms with Gasteiger partial charge in [-0.05, 0) is 43.3 Å². The number of hydrogen-bond acceptors (Lipinski definition) is 9. The molecule has 0 atom stereocenters. The van der Waals surface area contributed by atoms with Gasteiger partial charge in [0.25, 0.3) is 21.8 Å². The van der Waals surface area contributed by atoms with Crippen molar-refractivity contribution in [1.82, 2.24) is 5.16 Å². The molecule has 0 fully saturated rings. The van der Waals surface area contributed by atoms with Crippen molar-refractivity contribution in [3.05, 3.63) is 43.7 Å². The van der Waals surface area contributed by atoms with Crippen molar-refractivity contribution >= 4 is 50.4 Å². The first-order valence-electron chi connectivity index (χ1n) is 9.02. The highest BCUT2D eigenvalue weighted by molar-refractivity contribution is 7.93. The summed E-state index contributed by atoms with van der Waals surface area (Å²) in [6.07, 6.45) is 0. The number of benzene rings is 1. The lowest BCUT2D eigenvalue weighted by Gasteiger charge is -2.15. The number of ether oxygens (including phenoxy) is 2. The van der Waals surface area contributed by atoms with Gasteiger partial charge in [0.1, 0.15) is 32.1 Å². The summed E-state index contributed by atoms with van der Waals surface area (Å²) in [5.74, 6) is -0.461. The fourth-order valence-corrected chi connectivity index (χ4v) is 5.59. The molecule has 1 aliphatic rings. The van der Waals surface area contributed by atoms with E-state index in [2.05, 4.69) is 21.3 Å². The predicted octanol–water partition coefficient (Wildman–Crippen LogP) is 3.97. The third-order valence-electron chi connectivity index (χ3n) is 4.87.